The first kappa shape index (κ1) is 37.5. The van der Waals surface area contributed by atoms with Crippen LogP contribution >= 0.6 is 104 Å². The Hall–Kier alpha value is -2.91. The molecule has 0 amide bonds. The van der Waals surface area contributed by atoms with Crippen molar-refractivity contribution in [1.29, 1.82) is 0 Å². The molecule has 21 heteroatoms. The smallest absolute Gasteiger partial charge is 0.338 e. The molecule has 0 heterocycles. The van der Waals surface area contributed by atoms with Gasteiger partial charge in [-0.1, -0.05) is 104 Å². The lowest BCUT2D eigenvalue weighted by Crippen LogP contribution is -2.20. The van der Waals surface area contributed by atoms with Crippen LogP contribution in [0.2, 0.25) is 45.2 Å². The summed E-state index contributed by atoms with van der Waals surface area (Å²) in [7, 11) is 0. The molecule has 0 aliphatic carbocycles. The van der Waals surface area contributed by atoms with E-state index < -0.39 is 137 Å². The van der Waals surface area contributed by atoms with Crippen molar-refractivity contribution in [2.45, 2.75) is 0 Å². The minimum absolute atomic E-state index is 1.03. The van der Waals surface area contributed by atoms with Gasteiger partial charge in [-0.25, -0.2) is 28.8 Å². The molecule has 0 saturated heterocycles. The second kappa shape index (κ2) is 13.7. The summed E-state index contributed by atoms with van der Waals surface area (Å²) >= 11 is 56.5. The minimum atomic E-state index is -1.98. The van der Waals surface area contributed by atoms with Crippen LogP contribution in [0.4, 0.5) is 0 Å². The molecule has 6 N–H and O–H groups in total. The van der Waals surface area contributed by atoms with Crippen LogP contribution in [-0.4, -0.2) is 66.5 Å². The Morgan fingerprint density at radius 2 is 0.370 bits per heavy atom. The largest absolute Gasteiger partial charge is 0.478 e. The molecule has 241 valence electrons. The molecule has 0 aliphatic rings. The molecule has 0 saturated carbocycles. The van der Waals surface area contributed by atoms with E-state index >= 15 is 0 Å². The summed E-state index contributed by atoms with van der Waals surface area (Å²) in [6, 6.07) is 0. The van der Waals surface area contributed by atoms with Crippen molar-refractivity contribution in [3.8, 4) is 0 Å². The van der Waals surface area contributed by atoms with Crippen molar-refractivity contribution >= 4 is 140 Å². The molecule has 3 aromatic carbocycles. The van der Waals surface area contributed by atoms with Crippen molar-refractivity contribution in [2.75, 3.05) is 0 Å². The Bertz CT molecular complexity index is 1630. The molecule has 3 rings (SSSR count). The van der Waals surface area contributed by atoms with Crippen LogP contribution in [0.1, 0.15) is 78.8 Å². The van der Waals surface area contributed by atoms with Gasteiger partial charge in [-0.3, -0.25) is 0 Å². The average Bonchev–Trinajstić information content (AvgIpc) is 2.86. The second-order valence-electron chi connectivity index (χ2n) is 8.41. The summed E-state index contributed by atoms with van der Waals surface area (Å²) in [4.78, 5) is 73.5. The van der Waals surface area contributed by atoms with Crippen molar-refractivity contribution in [3.05, 3.63) is 101 Å². The number of aromatic carboxylic acids is 6. The maximum atomic E-state index is 12.2. The highest BCUT2D eigenvalue weighted by atomic mass is 35.5. The molecular weight excluding hydrogens is 811 g/mol. The molecule has 0 aliphatic heterocycles. The number of halogens is 9. The highest BCUT2D eigenvalue weighted by Gasteiger charge is 2.42. The van der Waals surface area contributed by atoms with Gasteiger partial charge in [-0.15, -0.1) is 0 Å². The van der Waals surface area contributed by atoms with Crippen molar-refractivity contribution < 1.29 is 59.4 Å². The normalized spacial score (nSPS) is 11.1. The molecule has 0 fully saturated rings. The zero-order valence-corrected chi connectivity index (χ0v) is 27.8. The molecule has 46 heavy (non-hydrogen) atoms. The van der Waals surface area contributed by atoms with Crippen LogP contribution in [0.5, 0.6) is 0 Å². The summed E-state index contributed by atoms with van der Waals surface area (Å²) < 4.78 is 0. The van der Waals surface area contributed by atoms with E-state index in [0.29, 0.717) is 0 Å². The summed E-state index contributed by atoms with van der Waals surface area (Å²) in [6.07, 6.45) is 0. The fourth-order valence-electron chi connectivity index (χ4n) is 4.15. The first-order valence-corrected chi connectivity index (χ1v) is 14.4. The Morgan fingerprint density at radius 1 is 0.261 bits per heavy atom. The fraction of sp³-hybridized carbons (Fsp3) is 0. The molecule has 0 unspecified atom stereocenters. The van der Waals surface area contributed by atoms with Gasteiger partial charge < -0.3 is 30.6 Å². The van der Waals surface area contributed by atoms with Gasteiger partial charge in [0.1, 0.15) is 0 Å². The van der Waals surface area contributed by atoms with E-state index in [0.717, 1.165) is 0 Å². The Morgan fingerprint density at radius 3 is 0.478 bits per heavy atom. The van der Waals surface area contributed by atoms with Crippen LogP contribution in [-0.2, 0) is 0 Å². The van der Waals surface area contributed by atoms with E-state index in [1.54, 1.807) is 0 Å². The van der Waals surface area contributed by atoms with Gasteiger partial charge in [-0.05, 0) is 0 Å². The van der Waals surface area contributed by atoms with Gasteiger partial charge in [0.05, 0.1) is 84.5 Å². The number of carboxylic acids is 6. The van der Waals surface area contributed by atoms with Gasteiger partial charge in [0.25, 0.3) is 0 Å². The van der Waals surface area contributed by atoms with Crippen LogP contribution < -0.4 is 0 Å². The fourth-order valence-corrected chi connectivity index (χ4v) is 7.83. The lowest BCUT2D eigenvalue weighted by atomic mass is 9.80. The van der Waals surface area contributed by atoms with Gasteiger partial charge in [0.15, 0.2) is 0 Å². The van der Waals surface area contributed by atoms with Gasteiger partial charge in [-0.2, -0.15) is 0 Å². The number of carboxylic acid groups (broad SMARTS) is 6. The lowest BCUT2D eigenvalue weighted by molar-refractivity contribution is 0.0677. The van der Waals surface area contributed by atoms with Crippen molar-refractivity contribution in [2.24, 2.45) is 0 Å². The Kier molecular flexibility index (Phi) is 11.2. The second-order valence-corrected chi connectivity index (χ2v) is 11.8. The molecular formula is C25H6Cl9O12. The SMILES string of the molecule is O=C(O)c1c(Cl)c([C](c2c(Cl)c(C(=O)O)c(Cl)c(C(=O)O)c2Cl)c2c(Cl)c(C(=O)O)c(Cl)c(C(=O)O)c2Cl)c(Cl)c(C(=O)O)c1Cl. The number of benzene rings is 3. The zero-order chi connectivity index (χ0) is 35.4. The molecule has 12 nitrogen and oxygen atoms in total. The Balaban J connectivity index is 2.97. The maximum Gasteiger partial charge on any atom is 0.338 e. The average molecular weight is 817 g/mol. The molecule has 3 aromatic rings. The van der Waals surface area contributed by atoms with Gasteiger partial charge >= 0.3 is 35.8 Å². The van der Waals surface area contributed by atoms with Crippen LogP contribution in [0, 0.1) is 5.92 Å². The number of hydrogen-bond acceptors (Lipinski definition) is 6. The summed E-state index contributed by atoms with van der Waals surface area (Å²) in [5, 5.41) is 49.7. The summed E-state index contributed by atoms with van der Waals surface area (Å²) in [5.41, 5.74) is -10.1. The number of hydrogen-bond donors (Lipinski definition) is 6. The number of carbonyl (C=O) groups is 6. The van der Waals surface area contributed by atoms with E-state index in [2.05, 4.69) is 0 Å². The number of rotatable bonds is 9. The third-order valence-corrected chi connectivity index (χ3v) is 9.39. The molecule has 0 aromatic heterocycles. The van der Waals surface area contributed by atoms with E-state index in [4.69, 9.17) is 104 Å². The van der Waals surface area contributed by atoms with E-state index in [9.17, 15) is 59.4 Å². The highest BCUT2D eigenvalue weighted by molar-refractivity contribution is 6.50. The predicted octanol–water partition coefficient (Wildman–Crippen LogP) is 8.78. The van der Waals surface area contributed by atoms with Crippen molar-refractivity contribution in [1.82, 2.24) is 0 Å². The minimum Gasteiger partial charge on any atom is -0.478 e. The summed E-state index contributed by atoms with van der Waals surface area (Å²) in [6.45, 7) is 0. The van der Waals surface area contributed by atoms with Crippen molar-refractivity contribution in [3.63, 3.8) is 0 Å². The van der Waals surface area contributed by atoms with E-state index in [1.807, 2.05) is 0 Å². The molecule has 0 atom stereocenters. The molecule has 0 spiro atoms. The summed E-state index contributed by atoms with van der Waals surface area (Å²) in [5.74, 6) is -12.9. The zero-order valence-electron chi connectivity index (χ0n) is 21.0. The molecule has 0 bridgehead atoms. The molecule has 1 radical (unpaired) electrons. The highest BCUT2D eigenvalue weighted by Crippen LogP contribution is 2.55. The van der Waals surface area contributed by atoms with Crippen LogP contribution in [0.15, 0.2) is 0 Å². The predicted molar refractivity (Wildman–Crippen MR) is 167 cm³/mol. The monoisotopic (exact) mass is 813 g/mol. The lowest BCUT2D eigenvalue weighted by Gasteiger charge is -2.28. The third kappa shape index (κ3) is 5.98. The first-order valence-electron chi connectivity index (χ1n) is 11.0. The van der Waals surface area contributed by atoms with E-state index in [-0.39, 0.29) is 0 Å². The van der Waals surface area contributed by atoms with Crippen LogP contribution in [0.25, 0.3) is 0 Å². The van der Waals surface area contributed by atoms with Gasteiger partial charge in [0.2, 0.25) is 0 Å². The maximum absolute atomic E-state index is 12.2. The topological polar surface area (TPSA) is 224 Å². The van der Waals surface area contributed by atoms with Crippen LogP contribution in [0.3, 0.4) is 0 Å². The standard InChI is InChI=1S/C25H6Cl9O12/c26-11-2(12(27)6(21(37)38)17(32)5(11)20(35)36)1(3-13(28)7(22(39)40)18(33)8(14(3)29)23(41)42)4-15(30)9(24(43)44)19(34)10(16(4)31)25(45)46/h(H,35,36)(H,37,38)(H,39,40)(H,41,42)(H,43,44)(H,45,46). The van der Waals surface area contributed by atoms with Gasteiger partial charge in [0, 0.05) is 16.7 Å². The van der Waals surface area contributed by atoms with E-state index in [1.165, 1.54) is 0 Å². The quantitative estimate of drug-likeness (QED) is 0.112. The first-order chi connectivity index (χ1) is 21.1. The third-order valence-electron chi connectivity index (χ3n) is 5.98. The Labute approximate surface area is 299 Å².